The van der Waals surface area contributed by atoms with Crippen molar-refractivity contribution in [3.8, 4) is 0 Å². The van der Waals surface area contributed by atoms with E-state index in [-0.39, 0.29) is 11.9 Å². The molecule has 2 aromatic rings. The third-order valence-electron chi connectivity index (χ3n) is 3.71. The molecule has 4 heteroatoms. The lowest BCUT2D eigenvalue weighted by molar-refractivity contribution is -0.118. The number of halogens is 1. The normalized spacial score (nSPS) is 17.1. The number of aryl methyl sites for hydroxylation is 1. The van der Waals surface area contributed by atoms with Gasteiger partial charge in [-0.25, -0.2) is 0 Å². The molecular formula is C17H17BrN2O. The Balaban J connectivity index is 1.72. The Labute approximate surface area is 132 Å². The first kappa shape index (κ1) is 14.3. The number of hydrogen-bond acceptors (Lipinski definition) is 2. The van der Waals surface area contributed by atoms with Crippen molar-refractivity contribution in [2.24, 2.45) is 0 Å². The van der Waals surface area contributed by atoms with Crippen molar-refractivity contribution >= 4 is 27.5 Å². The van der Waals surface area contributed by atoms with E-state index in [1.54, 1.807) is 0 Å². The standard InChI is InChI=1S/C17H17BrN2O/c1-11-6-14(18)9-15(7-11)20-17(21)16-8-12-4-2-3-5-13(12)10-19-16/h2-7,9,16,19H,8,10H2,1H3,(H,20,21)/t16-/m0/s1. The van der Waals surface area contributed by atoms with Gasteiger partial charge in [0.1, 0.15) is 0 Å². The summed E-state index contributed by atoms with van der Waals surface area (Å²) >= 11 is 3.45. The van der Waals surface area contributed by atoms with Crippen LogP contribution in [0.1, 0.15) is 16.7 Å². The van der Waals surface area contributed by atoms with Crippen LogP contribution in [-0.2, 0) is 17.8 Å². The topological polar surface area (TPSA) is 41.1 Å². The lowest BCUT2D eigenvalue weighted by Crippen LogP contribution is -2.44. The van der Waals surface area contributed by atoms with Crippen molar-refractivity contribution in [2.45, 2.75) is 25.9 Å². The molecule has 0 unspecified atom stereocenters. The highest BCUT2D eigenvalue weighted by Crippen LogP contribution is 2.21. The highest BCUT2D eigenvalue weighted by Gasteiger charge is 2.23. The average molecular weight is 345 g/mol. The molecule has 0 saturated heterocycles. The first-order valence-corrected chi connectivity index (χ1v) is 7.79. The maximum absolute atomic E-state index is 12.4. The summed E-state index contributed by atoms with van der Waals surface area (Å²) in [6, 6.07) is 14.0. The Morgan fingerprint density at radius 1 is 1.24 bits per heavy atom. The van der Waals surface area contributed by atoms with Crippen LogP contribution in [0.25, 0.3) is 0 Å². The van der Waals surface area contributed by atoms with Gasteiger partial charge in [0.25, 0.3) is 0 Å². The van der Waals surface area contributed by atoms with Crippen LogP contribution in [0.4, 0.5) is 5.69 Å². The molecule has 1 heterocycles. The van der Waals surface area contributed by atoms with E-state index >= 15 is 0 Å². The van der Waals surface area contributed by atoms with Crippen LogP contribution in [0.2, 0.25) is 0 Å². The van der Waals surface area contributed by atoms with Crippen LogP contribution in [0.5, 0.6) is 0 Å². The molecule has 0 aromatic heterocycles. The number of nitrogens with one attached hydrogen (secondary N) is 2. The molecule has 1 aliphatic heterocycles. The molecule has 21 heavy (non-hydrogen) atoms. The molecule has 1 amide bonds. The summed E-state index contributed by atoms with van der Waals surface area (Å²) < 4.78 is 0.972. The second-order valence-electron chi connectivity index (χ2n) is 5.41. The van der Waals surface area contributed by atoms with E-state index < -0.39 is 0 Å². The van der Waals surface area contributed by atoms with Gasteiger partial charge in [0, 0.05) is 16.7 Å². The van der Waals surface area contributed by atoms with Crippen molar-refractivity contribution < 1.29 is 4.79 Å². The Kier molecular flexibility index (Phi) is 4.08. The first-order chi connectivity index (χ1) is 10.1. The van der Waals surface area contributed by atoms with Gasteiger partial charge in [-0.2, -0.15) is 0 Å². The molecular weight excluding hydrogens is 328 g/mol. The summed E-state index contributed by atoms with van der Waals surface area (Å²) in [7, 11) is 0. The summed E-state index contributed by atoms with van der Waals surface area (Å²) in [6.45, 7) is 2.75. The third kappa shape index (κ3) is 3.34. The van der Waals surface area contributed by atoms with E-state index in [2.05, 4.69) is 38.7 Å². The van der Waals surface area contributed by atoms with E-state index in [0.29, 0.717) is 0 Å². The predicted octanol–water partition coefficient (Wildman–Crippen LogP) is 3.41. The Morgan fingerprint density at radius 2 is 2.00 bits per heavy atom. The van der Waals surface area contributed by atoms with Gasteiger partial charge in [-0.1, -0.05) is 40.2 Å². The maximum Gasteiger partial charge on any atom is 0.241 e. The molecule has 0 aliphatic carbocycles. The molecule has 0 saturated carbocycles. The van der Waals surface area contributed by atoms with Crippen molar-refractivity contribution in [3.05, 3.63) is 63.6 Å². The van der Waals surface area contributed by atoms with Crippen molar-refractivity contribution in [3.63, 3.8) is 0 Å². The molecule has 2 aromatic carbocycles. The Morgan fingerprint density at radius 3 is 2.76 bits per heavy atom. The SMILES string of the molecule is Cc1cc(Br)cc(NC(=O)[C@@H]2Cc3ccccc3CN2)c1. The van der Waals surface area contributed by atoms with Gasteiger partial charge < -0.3 is 10.6 Å². The quantitative estimate of drug-likeness (QED) is 0.876. The van der Waals surface area contributed by atoms with Gasteiger partial charge in [-0.15, -0.1) is 0 Å². The zero-order chi connectivity index (χ0) is 14.8. The maximum atomic E-state index is 12.4. The van der Waals surface area contributed by atoms with Crippen LogP contribution in [0.3, 0.4) is 0 Å². The molecule has 0 bridgehead atoms. The van der Waals surface area contributed by atoms with Crippen molar-refractivity contribution in [2.75, 3.05) is 5.32 Å². The minimum Gasteiger partial charge on any atom is -0.325 e. The summed E-state index contributed by atoms with van der Waals surface area (Å²) in [5.41, 5.74) is 4.47. The molecule has 3 nitrogen and oxygen atoms in total. The van der Waals surface area contributed by atoms with E-state index in [1.807, 2.05) is 37.3 Å². The number of benzene rings is 2. The van der Waals surface area contributed by atoms with Crippen LogP contribution >= 0.6 is 15.9 Å². The van der Waals surface area contributed by atoms with Gasteiger partial charge in [0.05, 0.1) is 6.04 Å². The molecule has 0 fully saturated rings. The number of fused-ring (bicyclic) bond motifs is 1. The van der Waals surface area contributed by atoms with Crippen LogP contribution in [0.15, 0.2) is 46.9 Å². The van der Waals surface area contributed by atoms with Gasteiger partial charge in [0.15, 0.2) is 0 Å². The molecule has 1 atom stereocenters. The number of hydrogen-bond donors (Lipinski definition) is 2. The largest absolute Gasteiger partial charge is 0.325 e. The van der Waals surface area contributed by atoms with Gasteiger partial charge >= 0.3 is 0 Å². The summed E-state index contributed by atoms with van der Waals surface area (Å²) in [5, 5.41) is 6.29. The molecule has 1 aliphatic rings. The number of carbonyl (C=O) groups excluding carboxylic acids is 1. The van der Waals surface area contributed by atoms with Crippen LogP contribution < -0.4 is 10.6 Å². The summed E-state index contributed by atoms with van der Waals surface area (Å²) in [5.74, 6) is 0.0157. The fourth-order valence-corrected chi connectivity index (χ4v) is 3.29. The molecule has 3 rings (SSSR count). The van der Waals surface area contributed by atoms with Crippen LogP contribution in [-0.4, -0.2) is 11.9 Å². The number of anilines is 1. The van der Waals surface area contributed by atoms with Gasteiger partial charge in [0.2, 0.25) is 5.91 Å². The fraction of sp³-hybridized carbons (Fsp3) is 0.235. The second kappa shape index (κ2) is 6.00. The smallest absolute Gasteiger partial charge is 0.241 e. The monoisotopic (exact) mass is 344 g/mol. The third-order valence-corrected chi connectivity index (χ3v) is 4.17. The second-order valence-corrected chi connectivity index (χ2v) is 6.33. The Hall–Kier alpha value is -1.65. The summed E-state index contributed by atoms with van der Waals surface area (Å²) in [4.78, 5) is 12.4. The number of rotatable bonds is 2. The minimum absolute atomic E-state index is 0.0157. The average Bonchev–Trinajstić information content (AvgIpc) is 2.45. The zero-order valence-electron chi connectivity index (χ0n) is 11.8. The molecule has 0 radical (unpaired) electrons. The van der Waals surface area contributed by atoms with Crippen LogP contribution in [0, 0.1) is 6.92 Å². The van der Waals surface area contributed by atoms with Gasteiger partial charge in [-0.05, 0) is 48.2 Å². The van der Waals surface area contributed by atoms with Gasteiger partial charge in [-0.3, -0.25) is 4.79 Å². The molecule has 108 valence electrons. The fourth-order valence-electron chi connectivity index (χ4n) is 2.68. The molecule has 2 N–H and O–H groups in total. The molecule has 0 spiro atoms. The highest BCUT2D eigenvalue weighted by molar-refractivity contribution is 9.10. The van der Waals surface area contributed by atoms with Crippen molar-refractivity contribution in [1.29, 1.82) is 0 Å². The number of amides is 1. The zero-order valence-corrected chi connectivity index (χ0v) is 13.4. The lowest BCUT2D eigenvalue weighted by atomic mass is 9.95. The van der Waals surface area contributed by atoms with E-state index in [9.17, 15) is 4.79 Å². The van der Waals surface area contributed by atoms with Crippen molar-refractivity contribution in [1.82, 2.24) is 5.32 Å². The number of carbonyl (C=O) groups is 1. The van der Waals surface area contributed by atoms with E-state index in [4.69, 9.17) is 0 Å². The predicted molar refractivity (Wildman–Crippen MR) is 88.3 cm³/mol. The summed E-state index contributed by atoms with van der Waals surface area (Å²) in [6.07, 6.45) is 0.731. The Bertz CT molecular complexity index is 664. The first-order valence-electron chi connectivity index (χ1n) is 7.00. The highest BCUT2D eigenvalue weighted by atomic mass is 79.9. The lowest BCUT2D eigenvalue weighted by Gasteiger charge is -2.25. The van der Waals surface area contributed by atoms with E-state index in [1.165, 1.54) is 11.1 Å². The minimum atomic E-state index is -0.181. The van der Waals surface area contributed by atoms with E-state index in [0.717, 1.165) is 28.7 Å².